The third-order valence-electron chi connectivity index (χ3n) is 5.30. The number of furan rings is 1. The zero-order valence-corrected chi connectivity index (χ0v) is 18.6. The Morgan fingerprint density at radius 3 is 2.56 bits per heavy atom. The number of ether oxygens (including phenoxy) is 1. The van der Waals surface area contributed by atoms with Crippen molar-refractivity contribution in [2.24, 2.45) is 0 Å². The highest BCUT2D eigenvalue weighted by atomic mass is 32.2. The van der Waals surface area contributed by atoms with Gasteiger partial charge in [0.15, 0.2) is 5.58 Å². The number of rotatable bonds is 5. The third-order valence-corrected chi connectivity index (χ3v) is 5.91. The fourth-order valence-corrected chi connectivity index (χ4v) is 4.44. The lowest BCUT2D eigenvalue weighted by atomic mass is 10.1. The van der Waals surface area contributed by atoms with Crippen LogP contribution in [0.5, 0.6) is 5.75 Å². The Bertz CT molecular complexity index is 1610. The van der Waals surface area contributed by atoms with Crippen LogP contribution in [0.2, 0.25) is 0 Å². The molecule has 0 aliphatic carbocycles. The van der Waals surface area contributed by atoms with Gasteiger partial charge in [-0.3, -0.25) is 4.72 Å². The Balaban J connectivity index is 1.64. The average molecular weight is 448 g/mol. The molecule has 0 amide bonds. The first-order valence-electron chi connectivity index (χ1n) is 9.97. The number of benzene rings is 3. The molecule has 7 nitrogen and oxygen atoms in total. The van der Waals surface area contributed by atoms with Gasteiger partial charge in [0, 0.05) is 11.5 Å². The van der Waals surface area contributed by atoms with Gasteiger partial charge in [0.05, 0.1) is 41.3 Å². The standard InChI is InChI=1S/C24H21N3O4S/c1-14-6-4-7-17-16(14)13-22-24(26-17)23-19(8-5-9-20(23)31-22)25-18-11-10-15(12-21(18)30-2)27-32(3,28)29/h4-13,25,27H,1-3H3. The van der Waals surface area contributed by atoms with Crippen LogP contribution in [-0.2, 0) is 10.0 Å². The molecule has 2 aromatic heterocycles. The van der Waals surface area contributed by atoms with E-state index in [1.54, 1.807) is 18.2 Å². The molecule has 162 valence electrons. The van der Waals surface area contributed by atoms with Crippen LogP contribution in [0.25, 0.3) is 33.0 Å². The quantitative estimate of drug-likeness (QED) is 0.366. The zero-order chi connectivity index (χ0) is 22.5. The Hall–Kier alpha value is -3.78. The average Bonchev–Trinajstić information content (AvgIpc) is 3.11. The van der Waals surface area contributed by atoms with Gasteiger partial charge < -0.3 is 14.5 Å². The maximum atomic E-state index is 11.5. The Kier molecular flexibility index (Phi) is 4.67. The molecule has 0 unspecified atom stereocenters. The fourth-order valence-electron chi connectivity index (χ4n) is 3.88. The molecule has 5 aromatic rings. The number of pyridine rings is 1. The van der Waals surface area contributed by atoms with Crippen LogP contribution >= 0.6 is 0 Å². The summed E-state index contributed by atoms with van der Waals surface area (Å²) in [5, 5.41) is 5.32. The van der Waals surface area contributed by atoms with Crippen molar-refractivity contribution in [3.63, 3.8) is 0 Å². The molecule has 0 saturated carbocycles. The smallest absolute Gasteiger partial charge is 0.229 e. The van der Waals surface area contributed by atoms with Crippen molar-refractivity contribution in [2.45, 2.75) is 6.92 Å². The van der Waals surface area contributed by atoms with E-state index in [1.807, 2.05) is 36.4 Å². The molecular weight excluding hydrogens is 426 g/mol. The summed E-state index contributed by atoms with van der Waals surface area (Å²) in [5.41, 5.74) is 6.18. The predicted octanol–water partition coefficient (Wildman–Crippen LogP) is 5.57. The first-order chi connectivity index (χ1) is 15.3. The van der Waals surface area contributed by atoms with Crippen LogP contribution in [0.4, 0.5) is 17.1 Å². The van der Waals surface area contributed by atoms with Crippen molar-refractivity contribution < 1.29 is 17.6 Å². The number of sulfonamides is 1. The number of nitrogens with zero attached hydrogens (tertiary/aromatic N) is 1. The molecule has 0 atom stereocenters. The molecule has 0 aliphatic heterocycles. The normalized spacial score (nSPS) is 11.8. The van der Waals surface area contributed by atoms with Gasteiger partial charge in [-0.25, -0.2) is 13.4 Å². The number of aromatic nitrogens is 1. The van der Waals surface area contributed by atoms with E-state index < -0.39 is 10.0 Å². The third kappa shape index (κ3) is 3.58. The minimum Gasteiger partial charge on any atom is -0.494 e. The lowest BCUT2D eigenvalue weighted by molar-refractivity contribution is 0.417. The molecule has 0 aliphatic rings. The second kappa shape index (κ2) is 7.42. The van der Waals surface area contributed by atoms with Gasteiger partial charge in [-0.1, -0.05) is 18.2 Å². The molecule has 2 heterocycles. The summed E-state index contributed by atoms with van der Waals surface area (Å²) in [5.74, 6) is 0.498. The topological polar surface area (TPSA) is 93.5 Å². The zero-order valence-electron chi connectivity index (χ0n) is 17.8. The van der Waals surface area contributed by atoms with Crippen molar-refractivity contribution >= 4 is 60.1 Å². The van der Waals surface area contributed by atoms with Gasteiger partial charge in [0.25, 0.3) is 0 Å². The van der Waals surface area contributed by atoms with Crippen LogP contribution in [-0.4, -0.2) is 26.8 Å². The highest BCUT2D eigenvalue weighted by molar-refractivity contribution is 7.92. The molecule has 3 aromatic carbocycles. The number of aryl methyl sites for hydroxylation is 1. The van der Waals surface area contributed by atoms with E-state index in [-0.39, 0.29) is 0 Å². The molecule has 0 spiro atoms. The van der Waals surface area contributed by atoms with E-state index in [4.69, 9.17) is 14.1 Å². The number of methoxy groups -OCH3 is 1. The van der Waals surface area contributed by atoms with Crippen LogP contribution in [0.15, 0.2) is 65.1 Å². The number of hydrogen-bond donors (Lipinski definition) is 2. The maximum absolute atomic E-state index is 11.5. The molecular formula is C24H21N3O4S. The molecule has 0 bridgehead atoms. The summed E-state index contributed by atoms with van der Waals surface area (Å²) in [7, 11) is -1.85. The van der Waals surface area contributed by atoms with Crippen molar-refractivity contribution in [1.29, 1.82) is 0 Å². The van der Waals surface area contributed by atoms with Crippen molar-refractivity contribution in [1.82, 2.24) is 4.98 Å². The van der Waals surface area contributed by atoms with E-state index in [0.29, 0.717) is 17.1 Å². The molecule has 32 heavy (non-hydrogen) atoms. The highest BCUT2D eigenvalue weighted by Crippen LogP contribution is 2.38. The van der Waals surface area contributed by atoms with Crippen molar-refractivity contribution in [3.8, 4) is 5.75 Å². The van der Waals surface area contributed by atoms with E-state index in [9.17, 15) is 8.42 Å². The molecule has 0 fully saturated rings. The first kappa shape index (κ1) is 20.1. The molecule has 8 heteroatoms. The SMILES string of the molecule is COc1cc(NS(C)(=O)=O)ccc1Nc1cccc2oc3cc4c(C)cccc4nc3c12. The minimum absolute atomic E-state index is 0.422. The molecule has 0 saturated heterocycles. The summed E-state index contributed by atoms with van der Waals surface area (Å²) >= 11 is 0. The van der Waals surface area contributed by atoms with Gasteiger partial charge in [-0.2, -0.15) is 0 Å². The number of fused-ring (bicyclic) bond motifs is 4. The highest BCUT2D eigenvalue weighted by Gasteiger charge is 2.16. The maximum Gasteiger partial charge on any atom is 0.229 e. The first-order valence-corrected chi connectivity index (χ1v) is 11.9. The lowest BCUT2D eigenvalue weighted by Crippen LogP contribution is -2.09. The van der Waals surface area contributed by atoms with E-state index in [2.05, 4.69) is 23.0 Å². The minimum atomic E-state index is -3.39. The van der Waals surface area contributed by atoms with Crippen molar-refractivity contribution in [2.75, 3.05) is 23.4 Å². The van der Waals surface area contributed by atoms with Gasteiger partial charge in [0.1, 0.15) is 16.8 Å². The largest absolute Gasteiger partial charge is 0.494 e. The monoisotopic (exact) mass is 447 g/mol. The van der Waals surface area contributed by atoms with Crippen molar-refractivity contribution in [3.05, 3.63) is 66.2 Å². The second-order valence-electron chi connectivity index (χ2n) is 7.67. The van der Waals surface area contributed by atoms with Gasteiger partial charge in [-0.15, -0.1) is 0 Å². The van der Waals surface area contributed by atoms with E-state index in [0.717, 1.165) is 50.5 Å². The molecule has 0 radical (unpaired) electrons. The van der Waals surface area contributed by atoms with Gasteiger partial charge >= 0.3 is 0 Å². The van der Waals surface area contributed by atoms with Crippen LogP contribution in [0.1, 0.15) is 5.56 Å². The Labute approximate surface area is 185 Å². The number of hydrogen-bond acceptors (Lipinski definition) is 6. The fraction of sp³-hybridized carbons (Fsp3) is 0.125. The Morgan fingerprint density at radius 1 is 0.969 bits per heavy atom. The summed E-state index contributed by atoms with van der Waals surface area (Å²) in [4.78, 5) is 4.88. The van der Waals surface area contributed by atoms with E-state index >= 15 is 0 Å². The lowest BCUT2D eigenvalue weighted by Gasteiger charge is -2.14. The van der Waals surface area contributed by atoms with Gasteiger partial charge in [0.2, 0.25) is 10.0 Å². The second-order valence-corrected chi connectivity index (χ2v) is 9.42. The molecule has 5 rings (SSSR count). The summed E-state index contributed by atoms with van der Waals surface area (Å²) in [6.45, 7) is 2.06. The summed E-state index contributed by atoms with van der Waals surface area (Å²) in [6.07, 6.45) is 1.11. The predicted molar refractivity (Wildman–Crippen MR) is 129 cm³/mol. The van der Waals surface area contributed by atoms with Crippen LogP contribution in [0, 0.1) is 6.92 Å². The molecule has 2 N–H and O–H groups in total. The Morgan fingerprint density at radius 2 is 1.78 bits per heavy atom. The summed E-state index contributed by atoms with van der Waals surface area (Å²) in [6, 6.07) is 18.9. The number of anilines is 3. The van der Waals surface area contributed by atoms with Crippen LogP contribution < -0.4 is 14.8 Å². The summed E-state index contributed by atoms with van der Waals surface area (Å²) < 4.78 is 37.2. The van der Waals surface area contributed by atoms with Gasteiger partial charge in [-0.05, 0) is 48.9 Å². The number of nitrogens with one attached hydrogen (secondary N) is 2. The van der Waals surface area contributed by atoms with E-state index in [1.165, 1.54) is 7.11 Å². The van der Waals surface area contributed by atoms with Crippen LogP contribution in [0.3, 0.4) is 0 Å².